The number of methoxy groups -OCH3 is 1. The zero-order valence-electron chi connectivity index (χ0n) is 21.6. The van der Waals surface area contributed by atoms with E-state index in [1.807, 2.05) is 48.4 Å². The lowest BCUT2D eigenvalue weighted by Gasteiger charge is -2.42. The molecular weight excluding hydrogens is 480 g/mol. The summed E-state index contributed by atoms with van der Waals surface area (Å²) in [6, 6.07) is 6.80. The molecule has 0 saturated heterocycles. The molecule has 0 radical (unpaired) electrons. The average molecular weight is 515 g/mol. The van der Waals surface area contributed by atoms with Crippen molar-refractivity contribution in [2.75, 3.05) is 20.3 Å². The zero-order valence-corrected chi connectivity index (χ0v) is 22.4. The van der Waals surface area contributed by atoms with Crippen molar-refractivity contribution >= 4 is 23.2 Å². The fraction of sp³-hybridized carbons (Fsp3) is 0.481. The van der Waals surface area contributed by atoms with Crippen LogP contribution in [0, 0.1) is 0 Å². The van der Waals surface area contributed by atoms with Gasteiger partial charge >= 0.3 is 5.97 Å². The number of thiophene rings is 1. The Morgan fingerprint density at radius 3 is 2.53 bits per heavy atom. The van der Waals surface area contributed by atoms with E-state index in [0.29, 0.717) is 29.3 Å². The molecule has 4 rings (SSSR count). The van der Waals surface area contributed by atoms with Crippen LogP contribution in [0.1, 0.15) is 56.7 Å². The first kappa shape index (κ1) is 26.0. The Morgan fingerprint density at radius 1 is 1.28 bits per heavy atom. The van der Waals surface area contributed by atoms with Crippen LogP contribution >= 0.6 is 11.3 Å². The molecule has 0 saturated carbocycles. The molecule has 2 atom stereocenters. The smallest absolute Gasteiger partial charge is 0.355 e. The number of aliphatic hydroxyl groups excluding tert-OH is 1. The normalized spacial score (nSPS) is 21.3. The third kappa shape index (κ3) is 4.14. The quantitative estimate of drug-likeness (QED) is 0.544. The Bertz CT molecular complexity index is 1200. The van der Waals surface area contributed by atoms with Gasteiger partial charge in [-0.15, -0.1) is 11.3 Å². The van der Waals surface area contributed by atoms with E-state index in [0.717, 1.165) is 11.1 Å². The predicted molar refractivity (Wildman–Crippen MR) is 137 cm³/mol. The first-order valence-corrected chi connectivity index (χ1v) is 12.9. The molecule has 0 bridgehead atoms. The first-order chi connectivity index (χ1) is 16.9. The molecule has 8 nitrogen and oxygen atoms in total. The number of hydrogen-bond donors (Lipinski definition) is 2. The molecule has 1 aromatic carbocycles. The van der Waals surface area contributed by atoms with Gasteiger partial charge in [-0.3, -0.25) is 4.79 Å². The summed E-state index contributed by atoms with van der Waals surface area (Å²) in [6.45, 7) is 9.10. The maximum absolute atomic E-state index is 13.6. The number of amides is 1. The molecule has 0 aliphatic carbocycles. The van der Waals surface area contributed by atoms with E-state index in [-0.39, 0.29) is 17.4 Å². The van der Waals surface area contributed by atoms with Crippen molar-refractivity contribution in [2.24, 2.45) is 5.73 Å². The topological polar surface area (TPSA) is 111 Å². The lowest BCUT2D eigenvalue weighted by atomic mass is 9.69. The molecule has 1 aromatic heterocycles. The fourth-order valence-electron chi connectivity index (χ4n) is 5.32. The highest BCUT2D eigenvalue weighted by atomic mass is 32.1. The lowest BCUT2D eigenvalue weighted by Crippen LogP contribution is -2.50. The Morgan fingerprint density at radius 2 is 2.00 bits per heavy atom. The molecule has 36 heavy (non-hydrogen) atoms. The van der Waals surface area contributed by atoms with E-state index < -0.39 is 35.5 Å². The third-order valence-corrected chi connectivity index (χ3v) is 7.53. The van der Waals surface area contributed by atoms with Crippen molar-refractivity contribution in [1.29, 1.82) is 0 Å². The number of aliphatic hydroxyl groups is 1. The van der Waals surface area contributed by atoms with Gasteiger partial charge in [0.15, 0.2) is 11.5 Å². The van der Waals surface area contributed by atoms with Crippen molar-refractivity contribution < 1.29 is 28.9 Å². The second-order valence-electron chi connectivity index (χ2n) is 10.4. The van der Waals surface area contributed by atoms with Gasteiger partial charge in [0.05, 0.1) is 25.9 Å². The van der Waals surface area contributed by atoms with E-state index in [4.69, 9.17) is 19.9 Å². The lowest BCUT2D eigenvalue weighted by molar-refractivity contribution is -0.152. The molecule has 194 valence electrons. The number of carbonyl (C=O) groups excluding carboxylic acids is 2. The molecule has 0 fully saturated rings. The van der Waals surface area contributed by atoms with Gasteiger partial charge in [-0.05, 0) is 75.7 Å². The van der Waals surface area contributed by atoms with Crippen LogP contribution in [0.25, 0.3) is 0 Å². The number of carbonyl (C=O) groups is 2. The van der Waals surface area contributed by atoms with E-state index in [1.54, 1.807) is 27.9 Å². The SMILES string of the molecule is COc1cc2c(cc1OC(C)C)C1N(CC2)C(C(=O)OC(C)(C)C)=C(CO)C1(C(N)=O)c1cccs1. The Balaban J connectivity index is 2.02. The van der Waals surface area contributed by atoms with Crippen molar-refractivity contribution in [3.8, 4) is 11.5 Å². The van der Waals surface area contributed by atoms with Crippen LogP contribution in [0.3, 0.4) is 0 Å². The van der Waals surface area contributed by atoms with E-state index >= 15 is 0 Å². The zero-order chi connectivity index (χ0) is 26.4. The van der Waals surface area contributed by atoms with Gasteiger partial charge in [0.2, 0.25) is 5.91 Å². The van der Waals surface area contributed by atoms with Gasteiger partial charge in [-0.1, -0.05) is 6.07 Å². The van der Waals surface area contributed by atoms with Gasteiger partial charge in [-0.2, -0.15) is 0 Å². The number of fused-ring (bicyclic) bond motifs is 3. The highest BCUT2D eigenvalue weighted by molar-refractivity contribution is 7.10. The molecule has 2 aliphatic rings. The van der Waals surface area contributed by atoms with Gasteiger partial charge in [-0.25, -0.2) is 4.79 Å². The molecule has 3 N–H and O–H groups in total. The maximum atomic E-state index is 13.6. The largest absolute Gasteiger partial charge is 0.493 e. The number of primary amides is 1. The van der Waals surface area contributed by atoms with Crippen LogP contribution in [-0.4, -0.2) is 53.8 Å². The summed E-state index contributed by atoms with van der Waals surface area (Å²) in [5, 5.41) is 12.5. The summed E-state index contributed by atoms with van der Waals surface area (Å²) in [5.41, 5.74) is 6.19. The van der Waals surface area contributed by atoms with Crippen molar-refractivity contribution in [3.63, 3.8) is 0 Å². The standard InChI is InChI=1S/C27H34N2O6S/c1-15(2)34-20-13-17-16(12-19(20)33-6)9-10-29-22(24(31)35-26(3,4)5)18(14-30)27(23(17)29,25(28)32)21-8-7-11-36-21/h7-8,11-13,15,23,30H,9-10,14H2,1-6H3,(H2,28,32). The molecule has 2 aliphatic heterocycles. The van der Waals surface area contributed by atoms with Crippen LogP contribution in [-0.2, 0) is 26.2 Å². The van der Waals surface area contributed by atoms with Gasteiger partial charge in [0, 0.05) is 17.0 Å². The van der Waals surface area contributed by atoms with Crippen LogP contribution in [0.5, 0.6) is 11.5 Å². The molecule has 3 heterocycles. The Hall–Kier alpha value is -3.04. The Labute approximate surface area is 215 Å². The van der Waals surface area contributed by atoms with Crippen LogP contribution in [0.4, 0.5) is 0 Å². The second kappa shape index (κ2) is 9.44. The fourth-order valence-corrected chi connectivity index (χ4v) is 6.31. The number of hydrogen-bond acceptors (Lipinski definition) is 8. The summed E-state index contributed by atoms with van der Waals surface area (Å²) in [5.74, 6) is -0.101. The summed E-state index contributed by atoms with van der Waals surface area (Å²) in [7, 11) is 1.59. The van der Waals surface area contributed by atoms with E-state index in [1.165, 1.54) is 11.3 Å². The maximum Gasteiger partial charge on any atom is 0.355 e. The highest BCUT2D eigenvalue weighted by Crippen LogP contribution is 2.58. The monoisotopic (exact) mass is 514 g/mol. The molecule has 0 spiro atoms. The number of benzene rings is 1. The van der Waals surface area contributed by atoms with Crippen LogP contribution in [0.2, 0.25) is 0 Å². The van der Waals surface area contributed by atoms with Gasteiger partial charge in [0.25, 0.3) is 0 Å². The summed E-state index contributed by atoms with van der Waals surface area (Å²) >= 11 is 1.37. The molecule has 1 amide bonds. The Kier molecular flexibility index (Phi) is 6.83. The summed E-state index contributed by atoms with van der Waals surface area (Å²) < 4.78 is 17.4. The van der Waals surface area contributed by atoms with Crippen LogP contribution < -0.4 is 15.2 Å². The summed E-state index contributed by atoms with van der Waals surface area (Å²) in [6.07, 6.45) is 0.482. The van der Waals surface area contributed by atoms with Crippen molar-refractivity contribution in [3.05, 3.63) is 56.9 Å². The number of esters is 1. The van der Waals surface area contributed by atoms with Crippen LogP contribution in [0.15, 0.2) is 40.9 Å². The van der Waals surface area contributed by atoms with Crippen molar-refractivity contribution in [1.82, 2.24) is 4.90 Å². The minimum atomic E-state index is -1.46. The molecule has 9 heteroatoms. The number of rotatable bonds is 7. The van der Waals surface area contributed by atoms with Gasteiger partial charge in [0.1, 0.15) is 16.7 Å². The van der Waals surface area contributed by atoms with Crippen molar-refractivity contribution in [2.45, 2.75) is 64.2 Å². The average Bonchev–Trinajstić information content (AvgIpc) is 3.41. The molecule has 2 aromatic rings. The first-order valence-electron chi connectivity index (χ1n) is 12.0. The molecular formula is C27H34N2O6S. The highest BCUT2D eigenvalue weighted by Gasteiger charge is 2.61. The molecule has 2 unspecified atom stereocenters. The minimum absolute atomic E-state index is 0.109. The van der Waals surface area contributed by atoms with Gasteiger partial charge < -0.3 is 30.0 Å². The number of ether oxygens (including phenoxy) is 3. The third-order valence-electron chi connectivity index (χ3n) is 6.52. The summed E-state index contributed by atoms with van der Waals surface area (Å²) in [4.78, 5) is 29.6. The second-order valence-corrected chi connectivity index (χ2v) is 11.3. The minimum Gasteiger partial charge on any atom is -0.493 e. The van der Waals surface area contributed by atoms with E-state index in [2.05, 4.69) is 0 Å². The number of nitrogens with two attached hydrogens (primary N) is 1. The van der Waals surface area contributed by atoms with E-state index in [9.17, 15) is 14.7 Å². The number of nitrogens with zero attached hydrogens (tertiary/aromatic N) is 1. The predicted octanol–water partition coefficient (Wildman–Crippen LogP) is 3.47.